The Hall–Kier alpha value is -2.31. The van der Waals surface area contributed by atoms with Crippen LogP contribution in [0.2, 0.25) is 0 Å². The second-order valence-corrected chi connectivity index (χ2v) is 6.89. The maximum atomic E-state index is 14.2. The molecule has 144 valence electrons. The minimum absolute atomic E-state index is 0.0617. The van der Waals surface area contributed by atoms with Crippen molar-refractivity contribution in [3.8, 4) is 0 Å². The first-order valence-corrected chi connectivity index (χ1v) is 8.87. The number of likely N-dealkylation sites (tertiary alicyclic amines) is 1. The van der Waals surface area contributed by atoms with Crippen molar-refractivity contribution in [3.05, 3.63) is 29.1 Å². The fourth-order valence-corrected chi connectivity index (χ4v) is 4.09. The molecule has 0 aromatic heterocycles. The number of carbonyl (C=O) groups is 2. The molecule has 7 heteroatoms. The van der Waals surface area contributed by atoms with Gasteiger partial charge in [0, 0.05) is 30.4 Å². The number of esters is 1. The van der Waals surface area contributed by atoms with Crippen molar-refractivity contribution in [3.63, 3.8) is 0 Å². The summed E-state index contributed by atoms with van der Waals surface area (Å²) < 4.78 is 18.9. The number of carboxylic acid groups (broad SMARTS) is 1. The average Bonchev–Trinajstić information content (AvgIpc) is 2.56. The van der Waals surface area contributed by atoms with E-state index in [1.807, 2.05) is 20.8 Å². The first-order chi connectivity index (χ1) is 12.2. The lowest BCUT2D eigenvalue weighted by molar-refractivity contribution is 0.0598. The Morgan fingerprint density at radius 1 is 1.31 bits per heavy atom. The van der Waals surface area contributed by atoms with Gasteiger partial charge in [0.2, 0.25) is 0 Å². The summed E-state index contributed by atoms with van der Waals surface area (Å²) in [6.07, 6.45) is 0.378. The van der Waals surface area contributed by atoms with E-state index in [1.54, 1.807) is 6.92 Å². The lowest BCUT2D eigenvalue weighted by atomic mass is 9.91. The van der Waals surface area contributed by atoms with Gasteiger partial charge in [-0.05, 0) is 58.2 Å². The number of rotatable bonds is 4. The number of benzene rings is 1. The molecule has 26 heavy (non-hydrogen) atoms. The van der Waals surface area contributed by atoms with Crippen LogP contribution in [-0.4, -0.2) is 53.8 Å². The predicted octanol–water partition coefficient (Wildman–Crippen LogP) is 3.67. The van der Waals surface area contributed by atoms with E-state index < -0.39 is 17.9 Å². The molecule has 1 aromatic carbocycles. The van der Waals surface area contributed by atoms with E-state index in [0.29, 0.717) is 30.6 Å². The van der Waals surface area contributed by atoms with Gasteiger partial charge in [0.05, 0.1) is 12.7 Å². The molecule has 1 N–H and O–H groups in total. The lowest BCUT2D eigenvalue weighted by Gasteiger charge is -2.45. The molecule has 0 radical (unpaired) electrons. The summed E-state index contributed by atoms with van der Waals surface area (Å²) >= 11 is 0. The number of hydrogen-bond acceptors (Lipinski definition) is 4. The number of amides is 1. The Morgan fingerprint density at radius 3 is 2.35 bits per heavy atom. The SMILES string of the molecule is CCN(c1cc(F)cc(C(=O)OC)c1C)C1C[C@@H](C)N(C(=O)O)[C@H](C)C1. The summed E-state index contributed by atoms with van der Waals surface area (Å²) in [4.78, 5) is 27.0. The summed E-state index contributed by atoms with van der Waals surface area (Å²) in [5.41, 5.74) is 1.53. The summed E-state index contributed by atoms with van der Waals surface area (Å²) in [5.74, 6) is -1.06. The highest BCUT2D eigenvalue weighted by Gasteiger charge is 2.36. The van der Waals surface area contributed by atoms with Crippen LogP contribution >= 0.6 is 0 Å². The number of nitrogens with zero attached hydrogens (tertiary/aromatic N) is 2. The van der Waals surface area contributed by atoms with Crippen LogP contribution in [0, 0.1) is 12.7 Å². The molecule has 1 saturated heterocycles. The highest BCUT2D eigenvalue weighted by molar-refractivity contribution is 5.92. The van der Waals surface area contributed by atoms with Crippen LogP contribution in [0.4, 0.5) is 14.9 Å². The van der Waals surface area contributed by atoms with Crippen molar-refractivity contribution in [2.75, 3.05) is 18.6 Å². The molecule has 0 bridgehead atoms. The van der Waals surface area contributed by atoms with Gasteiger partial charge in [0.15, 0.2) is 0 Å². The van der Waals surface area contributed by atoms with Gasteiger partial charge >= 0.3 is 12.1 Å². The Labute approximate surface area is 153 Å². The van der Waals surface area contributed by atoms with Gasteiger partial charge in [-0.2, -0.15) is 0 Å². The highest BCUT2D eigenvalue weighted by atomic mass is 19.1. The van der Waals surface area contributed by atoms with E-state index in [9.17, 15) is 19.1 Å². The number of hydrogen-bond donors (Lipinski definition) is 1. The molecule has 6 nitrogen and oxygen atoms in total. The monoisotopic (exact) mass is 366 g/mol. The topological polar surface area (TPSA) is 70.1 Å². The van der Waals surface area contributed by atoms with Gasteiger partial charge in [0.1, 0.15) is 5.82 Å². The van der Waals surface area contributed by atoms with Gasteiger partial charge in [-0.25, -0.2) is 14.0 Å². The molecule has 2 atom stereocenters. The van der Waals surface area contributed by atoms with Gasteiger partial charge in [-0.15, -0.1) is 0 Å². The van der Waals surface area contributed by atoms with E-state index in [-0.39, 0.29) is 23.7 Å². The van der Waals surface area contributed by atoms with Gasteiger partial charge < -0.3 is 19.6 Å². The smallest absolute Gasteiger partial charge is 0.407 e. The minimum atomic E-state index is -0.915. The van der Waals surface area contributed by atoms with Crippen molar-refractivity contribution in [2.24, 2.45) is 0 Å². The summed E-state index contributed by atoms with van der Waals surface area (Å²) in [6.45, 7) is 8.16. The van der Waals surface area contributed by atoms with E-state index in [2.05, 4.69) is 4.90 Å². The van der Waals surface area contributed by atoms with Crippen molar-refractivity contribution < 1.29 is 23.8 Å². The minimum Gasteiger partial charge on any atom is -0.465 e. The fourth-order valence-electron chi connectivity index (χ4n) is 4.09. The Bertz CT molecular complexity index is 682. The first-order valence-electron chi connectivity index (χ1n) is 8.87. The molecule has 1 heterocycles. The maximum Gasteiger partial charge on any atom is 0.407 e. The first kappa shape index (κ1) is 20.0. The zero-order valence-electron chi connectivity index (χ0n) is 16.0. The molecule has 0 unspecified atom stereocenters. The van der Waals surface area contributed by atoms with E-state index in [1.165, 1.54) is 24.1 Å². The van der Waals surface area contributed by atoms with E-state index in [0.717, 1.165) is 0 Å². The molecule has 1 aliphatic rings. The third kappa shape index (κ3) is 3.76. The highest BCUT2D eigenvalue weighted by Crippen LogP contribution is 2.33. The molecule has 0 spiro atoms. The number of carbonyl (C=O) groups excluding carboxylic acids is 1. The summed E-state index contributed by atoms with van der Waals surface area (Å²) in [5, 5.41) is 9.39. The molecule has 1 amide bonds. The molecule has 0 saturated carbocycles. The van der Waals surface area contributed by atoms with Crippen molar-refractivity contribution in [2.45, 2.75) is 58.7 Å². The van der Waals surface area contributed by atoms with Crippen LogP contribution in [0.15, 0.2) is 12.1 Å². The van der Waals surface area contributed by atoms with Crippen molar-refractivity contribution in [1.82, 2.24) is 4.90 Å². The molecule has 0 aliphatic carbocycles. The Balaban J connectivity index is 2.39. The zero-order chi connectivity index (χ0) is 19.6. The van der Waals surface area contributed by atoms with Crippen molar-refractivity contribution >= 4 is 17.7 Å². The third-order valence-corrected chi connectivity index (χ3v) is 5.24. The van der Waals surface area contributed by atoms with E-state index in [4.69, 9.17) is 4.74 Å². The molecule has 2 rings (SSSR count). The van der Waals surface area contributed by atoms with Crippen LogP contribution in [0.25, 0.3) is 0 Å². The summed E-state index contributed by atoms with van der Waals surface area (Å²) in [7, 11) is 1.27. The molecule has 1 fully saturated rings. The largest absolute Gasteiger partial charge is 0.465 e. The molecular weight excluding hydrogens is 339 g/mol. The molecule has 1 aliphatic heterocycles. The number of piperidine rings is 1. The standard InChI is InChI=1S/C19H27FN2O4/c1-6-21(15-7-11(2)22(19(24)25)12(3)8-15)17-10-14(20)9-16(13(17)4)18(23)26-5/h9-12,15H,6-8H2,1-5H3,(H,24,25)/t11-,12-/m1/s1. The Morgan fingerprint density at radius 2 is 1.88 bits per heavy atom. The Kier molecular flexibility index (Phi) is 6.10. The number of ether oxygens (including phenoxy) is 1. The fraction of sp³-hybridized carbons (Fsp3) is 0.579. The van der Waals surface area contributed by atoms with Gasteiger partial charge in [0.25, 0.3) is 0 Å². The molecular formula is C19H27FN2O4. The third-order valence-electron chi connectivity index (χ3n) is 5.24. The van der Waals surface area contributed by atoms with Crippen LogP contribution in [-0.2, 0) is 4.74 Å². The summed E-state index contributed by atoms with van der Waals surface area (Å²) in [6, 6.07) is 2.42. The number of halogens is 1. The second kappa shape index (κ2) is 7.93. The van der Waals surface area contributed by atoms with E-state index >= 15 is 0 Å². The number of methoxy groups -OCH3 is 1. The zero-order valence-corrected chi connectivity index (χ0v) is 16.0. The second-order valence-electron chi connectivity index (χ2n) is 6.89. The van der Waals surface area contributed by atoms with Crippen LogP contribution < -0.4 is 4.90 Å². The quantitative estimate of drug-likeness (QED) is 0.824. The van der Waals surface area contributed by atoms with Crippen LogP contribution in [0.3, 0.4) is 0 Å². The van der Waals surface area contributed by atoms with Gasteiger partial charge in [-0.3, -0.25) is 0 Å². The lowest BCUT2D eigenvalue weighted by Crippen LogP contribution is -2.55. The predicted molar refractivity (Wildman–Crippen MR) is 97.3 cm³/mol. The van der Waals surface area contributed by atoms with Gasteiger partial charge in [-0.1, -0.05) is 0 Å². The normalized spacial score (nSPS) is 22.8. The molecule has 1 aromatic rings. The van der Waals surface area contributed by atoms with Crippen molar-refractivity contribution in [1.29, 1.82) is 0 Å². The average molecular weight is 366 g/mol. The maximum absolute atomic E-state index is 14.2. The number of anilines is 1. The van der Waals surface area contributed by atoms with Crippen LogP contribution in [0.1, 0.15) is 49.5 Å². The van der Waals surface area contributed by atoms with Crippen LogP contribution in [0.5, 0.6) is 0 Å².